The van der Waals surface area contributed by atoms with Crippen LogP contribution in [-0.4, -0.2) is 0 Å². The van der Waals surface area contributed by atoms with E-state index in [1.165, 1.54) is 5.56 Å². The highest BCUT2D eigenvalue weighted by Crippen LogP contribution is 2.28. The minimum atomic E-state index is 0.207. The lowest BCUT2D eigenvalue weighted by molar-refractivity contribution is 0.306. The van der Waals surface area contributed by atoms with Gasteiger partial charge in [-0.1, -0.05) is 39.0 Å². The zero-order valence-corrected chi connectivity index (χ0v) is 14.4. The molecule has 0 aliphatic heterocycles. The third-order valence-corrected chi connectivity index (χ3v) is 4.71. The van der Waals surface area contributed by atoms with Crippen LogP contribution in [0.15, 0.2) is 46.9 Å². The average molecular weight is 348 g/mol. The fourth-order valence-corrected chi connectivity index (χ4v) is 2.30. The van der Waals surface area contributed by atoms with Gasteiger partial charge in [-0.2, -0.15) is 0 Å². The standard InChI is InChI=1S/C18H22BrNO/c1-4-18(2,3)14-6-8-15(9-7-14)21-12-13-5-10-16(19)17(20)11-13/h5-11H,4,12,20H2,1-3H3. The largest absolute Gasteiger partial charge is 0.489 e. The zero-order valence-electron chi connectivity index (χ0n) is 12.8. The molecule has 21 heavy (non-hydrogen) atoms. The molecule has 2 aromatic carbocycles. The monoisotopic (exact) mass is 347 g/mol. The minimum Gasteiger partial charge on any atom is -0.489 e. The Kier molecular flexibility index (Phi) is 4.94. The summed E-state index contributed by atoms with van der Waals surface area (Å²) >= 11 is 3.39. The summed E-state index contributed by atoms with van der Waals surface area (Å²) in [7, 11) is 0. The first-order valence-corrected chi connectivity index (χ1v) is 7.99. The Hall–Kier alpha value is -1.48. The van der Waals surface area contributed by atoms with Crippen molar-refractivity contribution < 1.29 is 4.74 Å². The third kappa shape index (κ3) is 4.01. The molecule has 2 aromatic rings. The van der Waals surface area contributed by atoms with Gasteiger partial charge in [-0.25, -0.2) is 0 Å². The highest BCUT2D eigenvalue weighted by atomic mass is 79.9. The summed E-state index contributed by atoms with van der Waals surface area (Å²) in [4.78, 5) is 0. The maximum Gasteiger partial charge on any atom is 0.119 e. The smallest absolute Gasteiger partial charge is 0.119 e. The third-order valence-electron chi connectivity index (χ3n) is 3.99. The zero-order chi connectivity index (χ0) is 15.5. The molecule has 3 heteroatoms. The molecule has 0 aliphatic carbocycles. The van der Waals surface area contributed by atoms with Crippen LogP contribution in [-0.2, 0) is 12.0 Å². The Labute approximate surface area is 135 Å². The second kappa shape index (κ2) is 6.52. The van der Waals surface area contributed by atoms with E-state index < -0.39 is 0 Å². The van der Waals surface area contributed by atoms with Crippen molar-refractivity contribution in [3.8, 4) is 5.75 Å². The van der Waals surface area contributed by atoms with Crippen molar-refractivity contribution in [1.29, 1.82) is 0 Å². The lowest BCUT2D eigenvalue weighted by Crippen LogP contribution is -2.15. The molecule has 0 unspecified atom stereocenters. The molecule has 0 heterocycles. The van der Waals surface area contributed by atoms with Gasteiger partial charge in [-0.15, -0.1) is 0 Å². The van der Waals surface area contributed by atoms with E-state index in [1.54, 1.807) is 0 Å². The van der Waals surface area contributed by atoms with Gasteiger partial charge in [0.15, 0.2) is 0 Å². The highest BCUT2D eigenvalue weighted by Gasteiger charge is 2.17. The fraction of sp³-hybridized carbons (Fsp3) is 0.333. The van der Waals surface area contributed by atoms with Crippen molar-refractivity contribution in [2.24, 2.45) is 0 Å². The van der Waals surface area contributed by atoms with Crippen LogP contribution in [0.25, 0.3) is 0 Å². The number of halogens is 1. The minimum absolute atomic E-state index is 0.207. The Morgan fingerprint density at radius 3 is 2.33 bits per heavy atom. The SMILES string of the molecule is CCC(C)(C)c1ccc(OCc2ccc(Br)c(N)c2)cc1. The van der Waals surface area contributed by atoms with E-state index in [1.807, 2.05) is 30.3 Å². The van der Waals surface area contributed by atoms with Crippen LogP contribution in [0.1, 0.15) is 38.3 Å². The molecule has 2 nitrogen and oxygen atoms in total. The lowest BCUT2D eigenvalue weighted by atomic mass is 9.82. The number of nitrogen functional groups attached to an aromatic ring is 1. The molecule has 0 radical (unpaired) electrons. The quantitative estimate of drug-likeness (QED) is 0.745. The van der Waals surface area contributed by atoms with Gasteiger partial charge in [0, 0.05) is 10.2 Å². The Morgan fingerprint density at radius 1 is 1.10 bits per heavy atom. The summed E-state index contributed by atoms with van der Waals surface area (Å²) in [5.74, 6) is 0.882. The van der Waals surface area contributed by atoms with Crippen LogP contribution in [0.2, 0.25) is 0 Å². The number of anilines is 1. The molecule has 0 bridgehead atoms. The maximum absolute atomic E-state index is 5.87. The number of hydrogen-bond donors (Lipinski definition) is 1. The molecule has 0 amide bonds. The number of rotatable bonds is 5. The predicted molar refractivity (Wildman–Crippen MR) is 92.6 cm³/mol. The number of hydrogen-bond acceptors (Lipinski definition) is 2. The van der Waals surface area contributed by atoms with Crippen molar-refractivity contribution in [3.05, 3.63) is 58.1 Å². The topological polar surface area (TPSA) is 35.2 Å². The highest BCUT2D eigenvalue weighted by molar-refractivity contribution is 9.10. The van der Waals surface area contributed by atoms with E-state index in [4.69, 9.17) is 10.5 Å². The van der Waals surface area contributed by atoms with Crippen LogP contribution in [0.3, 0.4) is 0 Å². The van der Waals surface area contributed by atoms with E-state index in [0.29, 0.717) is 6.61 Å². The van der Waals surface area contributed by atoms with Crippen molar-refractivity contribution in [2.75, 3.05) is 5.73 Å². The van der Waals surface area contributed by atoms with Crippen molar-refractivity contribution >= 4 is 21.6 Å². The summed E-state index contributed by atoms with van der Waals surface area (Å²) in [5, 5.41) is 0. The van der Waals surface area contributed by atoms with E-state index in [0.717, 1.165) is 27.9 Å². The molecule has 0 saturated carbocycles. The van der Waals surface area contributed by atoms with E-state index in [2.05, 4.69) is 48.8 Å². The molecule has 0 saturated heterocycles. The maximum atomic E-state index is 5.87. The van der Waals surface area contributed by atoms with Gasteiger partial charge >= 0.3 is 0 Å². The number of benzene rings is 2. The molecular formula is C18H22BrNO. The van der Waals surface area contributed by atoms with Crippen molar-refractivity contribution in [2.45, 2.75) is 39.2 Å². The van der Waals surface area contributed by atoms with Crippen molar-refractivity contribution in [1.82, 2.24) is 0 Å². The normalized spacial score (nSPS) is 11.4. The molecule has 0 aliphatic rings. The van der Waals surface area contributed by atoms with Crippen molar-refractivity contribution in [3.63, 3.8) is 0 Å². The van der Waals surface area contributed by atoms with Gasteiger partial charge in [-0.3, -0.25) is 0 Å². The molecule has 0 fully saturated rings. The second-order valence-electron chi connectivity index (χ2n) is 5.91. The fourth-order valence-electron chi connectivity index (χ4n) is 2.06. The molecular weight excluding hydrogens is 326 g/mol. The number of nitrogens with two attached hydrogens (primary N) is 1. The first-order valence-electron chi connectivity index (χ1n) is 7.19. The van der Waals surface area contributed by atoms with Gasteiger partial charge in [0.1, 0.15) is 12.4 Å². The van der Waals surface area contributed by atoms with Crippen LogP contribution in [0.4, 0.5) is 5.69 Å². The molecule has 2 N–H and O–H groups in total. The molecule has 0 aromatic heterocycles. The molecule has 0 spiro atoms. The van der Waals surface area contributed by atoms with Crippen LogP contribution in [0.5, 0.6) is 5.75 Å². The number of ether oxygens (including phenoxy) is 1. The summed E-state index contributed by atoms with van der Waals surface area (Å²) in [6.45, 7) is 7.25. The van der Waals surface area contributed by atoms with Gasteiger partial charge in [0.25, 0.3) is 0 Å². The first kappa shape index (κ1) is 15.9. The van der Waals surface area contributed by atoms with Gasteiger partial charge in [-0.05, 0) is 63.2 Å². The average Bonchev–Trinajstić information content (AvgIpc) is 2.49. The Morgan fingerprint density at radius 2 is 1.76 bits per heavy atom. The molecule has 112 valence electrons. The van der Waals surface area contributed by atoms with Gasteiger partial charge < -0.3 is 10.5 Å². The van der Waals surface area contributed by atoms with Gasteiger partial charge in [0.05, 0.1) is 0 Å². The summed E-state index contributed by atoms with van der Waals surface area (Å²) in [6, 6.07) is 14.3. The summed E-state index contributed by atoms with van der Waals surface area (Å²) in [6.07, 6.45) is 1.12. The van der Waals surface area contributed by atoms with Crippen LogP contribution in [0, 0.1) is 0 Å². The molecule has 2 rings (SSSR count). The Bertz CT molecular complexity index is 605. The van der Waals surface area contributed by atoms with Crippen LogP contribution >= 0.6 is 15.9 Å². The summed E-state index contributed by atoms with van der Waals surface area (Å²) in [5.41, 5.74) is 9.21. The lowest BCUT2D eigenvalue weighted by Gasteiger charge is -2.23. The van der Waals surface area contributed by atoms with E-state index in [-0.39, 0.29) is 5.41 Å². The molecule has 0 atom stereocenters. The van der Waals surface area contributed by atoms with Gasteiger partial charge in [0.2, 0.25) is 0 Å². The van der Waals surface area contributed by atoms with E-state index >= 15 is 0 Å². The Balaban J connectivity index is 2.02. The predicted octanol–water partition coefficient (Wildman–Crippen LogP) is 5.30. The summed E-state index contributed by atoms with van der Waals surface area (Å²) < 4.78 is 6.73. The van der Waals surface area contributed by atoms with Crippen LogP contribution < -0.4 is 10.5 Å². The second-order valence-corrected chi connectivity index (χ2v) is 6.76. The van der Waals surface area contributed by atoms with E-state index in [9.17, 15) is 0 Å². The first-order chi connectivity index (χ1) is 9.92.